The van der Waals surface area contributed by atoms with Crippen molar-refractivity contribution in [2.45, 2.75) is 25.3 Å². The Kier molecular flexibility index (Phi) is 3.79. The summed E-state index contributed by atoms with van der Waals surface area (Å²) >= 11 is 0. The van der Waals surface area contributed by atoms with Gasteiger partial charge < -0.3 is 9.47 Å². The molecule has 0 unspecified atom stereocenters. The number of methoxy groups -OCH3 is 1. The lowest BCUT2D eigenvalue weighted by molar-refractivity contribution is 0.124. The summed E-state index contributed by atoms with van der Waals surface area (Å²) in [4.78, 5) is 2.59. The molecular weight excluding hydrogens is 178 g/mol. The first-order valence-electron chi connectivity index (χ1n) is 5.71. The third kappa shape index (κ3) is 2.94. The fraction of sp³-hybridized carbons (Fsp3) is 1.00. The molecule has 1 aliphatic carbocycles. The predicted molar refractivity (Wildman–Crippen MR) is 55.4 cm³/mol. The van der Waals surface area contributed by atoms with E-state index in [9.17, 15) is 0 Å². The summed E-state index contributed by atoms with van der Waals surface area (Å²) in [7, 11) is 1.78. The number of rotatable bonds is 6. The zero-order valence-electron chi connectivity index (χ0n) is 9.08. The van der Waals surface area contributed by atoms with E-state index in [0.717, 1.165) is 38.3 Å². The Bertz CT molecular complexity index is 165. The van der Waals surface area contributed by atoms with E-state index in [2.05, 4.69) is 4.90 Å². The van der Waals surface area contributed by atoms with Crippen LogP contribution in [0, 0.1) is 5.92 Å². The zero-order chi connectivity index (χ0) is 9.80. The predicted octanol–water partition coefficient (Wildman–Crippen LogP) is 1.13. The molecule has 14 heavy (non-hydrogen) atoms. The minimum Gasteiger partial charge on any atom is -0.383 e. The van der Waals surface area contributed by atoms with Crippen LogP contribution in [0.4, 0.5) is 0 Å². The van der Waals surface area contributed by atoms with Crippen LogP contribution in [0.15, 0.2) is 0 Å². The molecule has 3 nitrogen and oxygen atoms in total. The smallest absolute Gasteiger partial charge is 0.0589 e. The molecule has 0 aromatic carbocycles. The Morgan fingerprint density at radius 1 is 1.36 bits per heavy atom. The van der Waals surface area contributed by atoms with Crippen molar-refractivity contribution in [1.82, 2.24) is 4.90 Å². The Balaban J connectivity index is 1.71. The van der Waals surface area contributed by atoms with Crippen molar-refractivity contribution >= 4 is 0 Å². The van der Waals surface area contributed by atoms with Crippen LogP contribution < -0.4 is 0 Å². The summed E-state index contributed by atoms with van der Waals surface area (Å²) in [5.41, 5.74) is 0. The van der Waals surface area contributed by atoms with Crippen LogP contribution in [0.1, 0.15) is 19.3 Å². The molecule has 1 aliphatic heterocycles. The van der Waals surface area contributed by atoms with E-state index in [1.807, 2.05) is 0 Å². The monoisotopic (exact) mass is 199 g/mol. The third-order valence-electron chi connectivity index (χ3n) is 3.16. The highest BCUT2D eigenvalue weighted by Crippen LogP contribution is 2.28. The van der Waals surface area contributed by atoms with Crippen LogP contribution in [0.5, 0.6) is 0 Å². The first kappa shape index (κ1) is 10.4. The second-order valence-electron chi connectivity index (χ2n) is 4.45. The van der Waals surface area contributed by atoms with Gasteiger partial charge in [-0.05, 0) is 25.2 Å². The van der Waals surface area contributed by atoms with Gasteiger partial charge in [-0.1, -0.05) is 0 Å². The molecule has 2 fully saturated rings. The van der Waals surface area contributed by atoms with Gasteiger partial charge in [-0.2, -0.15) is 0 Å². The van der Waals surface area contributed by atoms with E-state index in [-0.39, 0.29) is 0 Å². The lowest BCUT2D eigenvalue weighted by Gasteiger charge is -2.24. The van der Waals surface area contributed by atoms with Crippen LogP contribution in [0.25, 0.3) is 0 Å². The number of nitrogens with zero attached hydrogens (tertiary/aromatic N) is 1. The van der Waals surface area contributed by atoms with Gasteiger partial charge in [0.05, 0.1) is 13.2 Å². The molecular formula is C11H21NO2. The van der Waals surface area contributed by atoms with Crippen molar-refractivity contribution in [2.24, 2.45) is 5.92 Å². The van der Waals surface area contributed by atoms with E-state index in [1.54, 1.807) is 7.11 Å². The number of ether oxygens (including phenoxy) is 2. The summed E-state index contributed by atoms with van der Waals surface area (Å²) in [5.74, 6) is 0.771. The molecule has 0 radical (unpaired) electrons. The summed E-state index contributed by atoms with van der Waals surface area (Å²) in [5, 5.41) is 0. The average Bonchev–Trinajstić information content (AvgIpc) is 2.92. The molecule has 0 spiro atoms. The maximum absolute atomic E-state index is 5.40. The molecule has 1 saturated heterocycles. The number of hydrogen-bond donors (Lipinski definition) is 0. The van der Waals surface area contributed by atoms with Gasteiger partial charge in [-0.3, -0.25) is 4.90 Å². The zero-order valence-corrected chi connectivity index (χ0v) is 9.08. The van der Waals surface area contributed by atoms with Crippen molar-refractivity contribution in [2.75, 3.05) is 40.0 Å². The lowest BCUT2D eigenvalue weighted by atomic mass is 10.1. The second kappa shape index (κ2) is 5.10. The molecule has 0 N–H and O–H groups in total. The quantitative estimate of drug-likeness (QED) is 0.640. The summed E-state index contributed by atoms with van der Waals surface area (Å²) in [6, 6.07) is 0.853. The first-order chi connectivity index (χ1) is 6.90. The van der Waals surface area contributed by atoms with Crippen LogP contribution in [0.2, 0.25) is 0 Å². The fourth-order valence-electron chi connectivity index (χ4n) is 2.13. The Morgan fingerprint density at radius 2 is 2.21 bits per heavy atom. The van der Waals surface area contributed by atoms with Gasteiger partial charge in [0.15, 0.2) is 0 Å². The average molecular weight is 199 g/mol. The molecule has 0 aromatic heterocycles. The lowest BCUT2D eigenvalue weighted by Crippen LogP contribution is -2.34. The number of hydrogen-bond acceptors (Lipinski definition) is 3. The highest BCUT2D eigenvalue weighted by atomic mass is 16.5. The minimum atomic E-state index is 0.771. The van der Waals surface area contributed by atoms with E-state index >= 15 is 0 Å². The molecule has 0 aromatic rings. The van der Waals surface area contributed by atoms with E-state index in [1.165, 1.54) is 25.8 Å². The van der Waals surface area contributed by atoms with Gasteiger partial charge >= 0.3 is 0 Å². The molecule has 0 amide bonds. The van der Waals surface area contributed by atoms with Gasteiger partial charge in [0.25, 0.3) is 0 Å². The minimum absolute atomic E-state index is 0.771. The van der Waals surface area contributed by atoms with E-state index in [4.69, 9.17) is 9.47 Å². The normalized spacial score (nSPS) is 27.4. The summed E-state index contributed by atoms with van der Waals surface area (Å²) in [6.07, 6.45) is 4.02. The molecule has 82 valence electrons. The Morgan fingerprint density at radius 3 is 2.79 bits per heavy atom. The van der Waals surface area contributed by atoms with Crippen molar-refractivity contribution < 1.29 is 9.47 Å². The van der Waals surface area contributed by atoms with Crippen LogP contribution >= 0.6 is 0 Å². The topological polar surface area (TPSA) is 21.7 Å². The van der Waals surface area contributed by atoms with E-state index < -0.39 is 0 Å². The van der Waals surface area contributed by atoms with Crippen molar-refractivity contribution in [1.29, 1.82) is 0 Å². The van der Waals surface area contributed by atoms with Gasteiger partial charge in [0, 0.05) is 32.8 Å². The molecule has 1 atom stereocenters. The molecule has 3 heteroatoms. The second-order valence-corrected chi connectivity index (χ2v) is 4.45. The molecule has 2 rings (SSSR count). The summed E-state index contributed by atoms with van der Waals surface area (Å²) < 4.78 is 10.5. The standard InChI is InChI=1S/C11H21NO2/c1-13-7-5-12(11-2-3-11)8-10-4-6-14-9-10/h10-11H,2-9H2,1H3/t10-/m1/s1. The third-order valence-corrected chi connectivity index (χ3v) is 3.16. The highest BCUT2D eigenvalue weighted by Gasteiger charge is 2.31. The maximum Gasteiger partial charge on any atom is 0.0589 e. The molecule has 1 heterocycles. The van der Waals surface area contributed by atoms with Gasteiger partial charge in [-0.15, -0.1) is 0 Å². The SMILES string of the molecule is COCCN(C[C@H]1CCOC1)C1CC1. The molecule has 1 saturated carbocycles. The van der Waals surface area contributed by atoms with Crippen molar-refractivity contribution in [3.05, 3.63) is 0 Å². The maximum atomic E-state index is 5.40. The van der Waals surface area contributed by atoms with Crippen LogP contribution in [-0.4, -0.2) is 51.0 Å². The van der Waals surface area contributed by atoms with Crippen LogP contribution in [0.3, 0.4) is 0 Å². The fourth-order valence-corrected chi connectivity index (χ4v) is 2.13. The Labute approximate surface area is 86.4 Å². The van der Waals surface area contributed by atoms with Gasteiger partial charge in [0.1, 0.15) is 0 Å². The Hall–Kier alpha value is -0.120. The van der Waals surface area contributed by atoms with Crippen LogP contribution in [-0.2, 0) is 9.47 Å². The van der Waals surface area contributed by atoms with Crippen molar-refractivity contribution in [3.63, 3.8) is 0 Å². The first-order valence-corrected chi connectivity index (χ1v) is 5.71. The largest absolute Gasteiger partial charge is 0.383 e. The van der Waals surface area contributed by atoms with Crippen molar-refractivity contribution in [3.8, 4) is 0 Å². The van der Waals surface area contributed by atoms with Gasteiger partial charge in [0.2, 0.25) is 0 Å². The molecule has 2 aliphatic rings. The highest BCUT2D eigenvalue weighted by molar-refractivity contribution is 4.86. The van der Waals surface area contributed by atoms with Gasteiger partial charge in [-0.25, -0.2) is 0 Å². The summed E-state index contributed by atoms with van der Waals surface area (Å²) in [6.45, 7) is 5.11. The van der Waals surface area contributed by atoms with E-state index in [0.29, 0.717) is 0 Å². The molecule has 0 bridgehead atoms.